The first-order chi connectivity index (χ1) is 23.0. The van der Waals surface area contributed by atoms with E-state index in [1.54, 1.807) is 0 Å². The van der Waals surface area contributed by atoms with Gasteiger partial charge in [0.15, 0.2) is 0 Å². The average molecular weight is 807 g/mol. The van der Waals surface area contributed by atoms with Gasteiger partial charge in [-0.3, -0.25) is 0 Å². The zero-order chi connectivity index (χ0) is 32.9. The molecule has 0 amide bonds. The molecule has 1 saturated carbocycles. The van der Waals surface area contributed by atoms with E-state index in [-0.39, 0.29) is 39.7 Å². The van der Waals surface area contributed by atoms with Gasteiger partial charge >= 0.3 is 30.2 Å². The van der Waals surface area contributed by atoms with E-state index in [1.165, 1.54) is 132 Å². The van der Waals surface area contributed by atoms with E-state index in [0.717, 1.165) is 5.92 Å². The summed E-state index contributed by atoms with van der Waals surface area (Å²) in [6.45, 7) is 12.0. The summed E-state index contributed by atoms with van der Waals surface area (Å²) in [5, 5.41) is 8.12. The minimum atomic E-state index is 0. The van der Waals surface area contributed by atoms with Crippen molar-refractivity contribution in [1.29, 1.82) is 0 Å². The molecule has 4 heteroatoms. The molecule has 2 radical (unpaired) electrons. The first-order valence-electron chi connectivity index (χ1n) is 17.2. The van der Waals surface area contributed by atoms with E-state index < -0.39 is 0 Å². The van der Waals surface area contributed by atoms with Crippen molar-refractivity contribution in [2.75, 3.05) is 0 Å². The van der Waals surface area contributed by atoms with E-state index in [4.69, 9.17) is 0 Å². The zero-order valence-corrected chi connectivity index (χ0v) is 36.1. The zero-order valence-electron chi connectivity index (χ0n) is 31.1. The van der Waals surface area contributed by atoms with Gasteiger partial charge in [0.05, 0.1) is 0 Å². The average Bonchev–Trinajstić information content (AvgIpc) is 3.75. The molecule has 0 aromatic heterocycles. The van der Waals surface area contributed by atoms with Gasteiger partial charge in [-0.1, -0.05) is 137 Å². The minimum absolute atomic E-state index is 0. The van der Waals surface area contributed by atoms with Crippen LogP contribution < -0.4 is 0 Å². The summed E-state index contributed by atoms with van der Waals surface area (Å²) in [5.41, 5.74) is 11.1. The van der Waals surface area contributed by atoms with Gasteiger partial charge in [0.1, 0.15) is 0 Å². The van der Waals surface area contributed by atoms with Crippen molar-refractivity contribution >= 4 is 64.0 Å². The molecule has 8 rings (SSSR count). The molecule has 0 N–H and O–H groups in total. The second kappa shape index (κ2) is 20.5. The van der Waals surface area contributed by atoms with E-state index >= 15 is 0 Å². The Morgan fingerprint density at radius 2 is 1.25 bits per heavy atom. The first-order valence-corrected chi connectivity index (χ1v) is 21.3. The van der Waals surface area contributed by atoms with Crippen LogP contribution in [0.1, 0.15) is 80.0 Å². The number of halogens is 2. The summed E-state index contributed by atoms with van der Waals surface area (Å²) in [6.07, 6.45) is 6.97. The first kappa shape index (κ1) is 44.4. The third-order valence-corrected chi connectivity index (χ3v) is 10.1. The molecule has 0 bridgehead atoms. The molecule has 266 valence electrons. The molecule has 7 aromatic rings. The van der Waals surface area contributed by atoms with Crippen LogP contribution in [0.4, 0.5) is 0 Å². The SMILES string of the molecule is CC(C)c1cc2c(-c3cccc4ccccc34)cccc2[cH-]1.Cc1cc2c(-c3ccc(C4CCCCC4)cc3)ccc(C)c2[cH-]1.Cl.Cl.[CH3-].[CH3-].[Si]=[Zr]. The molecule has 0 heterocycles. The van der Waals surface area contributed by atoms with Crippen molar-refractivity contribution in [3.63, 3.8) is 0 Å². The molecule has 0 spiro atoms. The van der Waals surface area contributed by atoms with Crippen LogP contribution in [0.2, 0.25) is 0 Å². The van der Waals surface area contributed by atoms with Gasteiger partial charge in [-0.15, -0.1) is 93.4 Å². The summed E-state index contributed by atoms with van der Waals surface area (Å²) in [4.78, 5) is 0. The van der Waals surface area contributed by atoms with Crippen LogP contribution in [0.25, 0.3) is 54.6 Å². The van der Waals surface area contributed by atoms with E-state index in [0.29, 0.717) is 5.92 Å². The molecule has 7 aromatic carbocycles. The molecule has 51 heavy (non-hydrogen) atoms. The Kier molecular flexibility index (Phi) is 17.8. The summed E-state index contributed by atoms with van der Waals surface area (Å²) in [6, 6.07) is 45.1. The number of rotatable bonds is 4. The van der Waals surface area contributed by atoms with Crippen LogP contribution in [0.3, 0.4) is 0 Å². The predicted molar refractivity (Wildman–Crippen MR) is 230 cm³/mol. The van der Waals surface area contributed by atoms with E-state index in [1.807, 2.05) is 0 Å². The third-order valence-electron chi connectivity index (χ3n) is 10.1. The van der Waals surface area contributed by atoms with E-state index in [9.17, 15) is 0 Å². The van der Waals surface area contributed by atoms with Crippen LogP contribution in [0, 0.1) is 28.7 Å². The van der Waals surface area contributed by atoms with Gasteiger partial charge in [-0.05, 0) is 52.1 Å². The standard InChI is InChI=1S/C23H25.C22H19.2CH3.2ClH.Si.Zr/c1-16-14-22-17(2)8-13-21(23(22)15-16)20-11-9-19(10-12-20)18-6-4-3-5-7-18;1-15(2)18-13-17-9-6-12-21(22(17)14-18)20-11-5-8-16-7-3-4-10-19(16)20;;;;;;/h8-15,18H,3-7H2,1-2H3;3-15H,1-2H3;2*1H3;2*1H;;/q4*-1;;;;. The molecule has 1 aliphatic carbocycles. The van der Waals surface area contributed by atoms with Crippen molar-refractivity contribution in [2.24, 2.45) is 0 Å². The van der Waals surface area contributed by atoms with Crippen LogP contribution in [-0.4, -0.2) is 6.88 Å². The van der Waals surface area contributed by atoms with Gasteiger partial charge in [-0.25, -0.2) is 0 Å². The van der Waals surface area contributed by atoms with Gasteiger partial charge < -0.3 is 14.9 Å². The number of aryl methyl sites for hydroxylation is 2. The Morgan fingerprint density at radius 3 is 1.94 bits per heavy atom. The van der Waals surface area contributed by atoms with Crippen LogP contribution in [0.5, 0.6) is 0 Å². The fourth-order valence-electron chi connectivity index (χ4n) is 7.50. The summed E-state index contributed by atoms with van der Waals surface area (Å²) < 4.78 is 0. The number of fused-ring (bicyclic) bond motifs is 3. The van der Waals surface area contributed by atoms with Gasteiger partial charge in [0.2, 0.25) is 0 Å². The van der Waals surface area contributed by atoms with Crippen molar-refractivity contribution in [3.05, 3.63) is 158 Å². The van der Waals surface area contributed by atoms with Crippen LogP contribution in [0.15, 0.2) is 121 Å². The fourth-order valence-corrected chi connectivity index (χ4v) is 7.50. The molecular weight excluding hydrogens is 755 g/mol. The second-order valence-corrected chi connectivity index (χ2v) is 13.5. The number of hydrogen-bond acceptors (Lipinski definition) is 0. The van der Waals surface area contributed by atoms with Crippen molar-refractivity contribution in [1.82, 2.24) is 0 Å². The molecule has 1 aliphatic rings. The molecule has 0 atom stereocenters. The normalized spacial score (nSPS) is 12.3. The Morgan fingerprint density at radius 1 is 0.627 bits per heavy atom. The third kappa shape index (κ3) is 9.83. The van der Waals surface area contributed by atoms with Crippen LogP contribution >= 0.6 is 24.8 Å². The molecule has 1 fully saturated rings. The summed E-state index contributed by atoms with van der Waals surface area (Å²) in [5.74, 6) is 1.35. The topological polar surface area (TPSA) is 0 Å². The summed E-state index contributed by atoms with van der Waals surface area (Å²) >= 11 is 1.36. The Balaban J connectivity index is 0.000000314. The quantitative estimate of drug-likeness (QED) is 0.123. The van der Waals surface area contributed by atoms with Gasteiger partial charge in [-0.2, -0.15) is 12.1 Å². The molecular formula is C47H52Cl2SiZr-4. The van der Waals surface area contributed by atoms with Crippen molar-refractivity contribution < 1.29 is 23.3 Å². The number of benzene rings is 5. The van der Waals surface area contributed by atoms with Gasteiger partial charge in [0, 0.05) is 0 Å². The van der Waals surface area contributed by atoms with Crippen molar-refractivity contribution in [2.45, 2.75) is 71.6 Å². The Labute approximate surface area is 337 Å². The summed E-state index contributed by atoms with van der Waals surface area (Å²) in [7, 11) is 0. The monoisotopic (exact) mass is 804 g/mol. The maximum absolute atomic E-state index is 3.06. The fraction of sp³-hybridized carbons (Fsp3) is 0.234. The molecule has 0 unspecified atom stereocenters. The predicted octanol–water partition coefficient (Wildman–Crippen LogP) is 14.8. The van der Waals surface area contributed by atoms with Gasteiger partial charge in [0.25, 0.3) is 0 Å². The van der Waals surface area contributed by atoms with Crippen molar-refractivity contribution in [3.8, 4) is 22.3 Å². The number of hydrogen-bond donors (Lipinski definition) is 0. The Hall–Kier alpha value is -2.74. The van der Waals surface area contributed by atoms with Crippen LogP contribution in [-0.2, 0) is 23.3 Å². The molecule has 0 saturated heterocycles. The maximum atomic E-state index is 3.06. The molecule has 0 nitrogen and oxygen atoms in total. The molecule has 0 aliphatic heterocycles. The second-order valence-electron chi connectivity index (χ2n) is 13.5. The Bertz CT molecular complexity index is 2110. The van der Waals surface area contributed by atoms with E-state index in [2.05, 4.69) is 156 Å².